The van der Waals surface area contributed by atoms with Gasteiger partial charge >= 0.3 is 0 Å². The monoisotopic (exact) mass is 404 g/mol. The van der Waals surface area contributed by atoms with E-state index in [1.165, 1.54) is 16.4 Å². The third-order valence-corrected chi connectivity index (χ3v) is 6.36. The first-order chi connectivity index (χ1) is 13.3. The summed E-state index contributed by atoms with van der Waals surface area (Å²) in [7, 11) is -3.78. The fourth-order valence-corrected chi connectivity index (χ4v) is 4.17. The van der Waals surface area contributed by atoms with Crippen molar-refractivity contribution in [3.63, 3.8) is 0 Å². The molecule has 2 rings (SSSR count). The maximum Gasteiger partial charge on any atom is 0.295 e. The van der Waals surface area contributed by atoms with Crippen LogP contribution in [0.5, 0.6) is 0 Å². The zero-order chi connectivity index (χ0) is 20.7. The van der Waals surface area contributed by atoms with Crippen molar-refractivity contribution >= 4 is 27.6 Å². The summed E-state index contributed by atoms with van der Waals surface area (Å²) in [4.78, 5) is 10.7. The van der Waals surface area contributed by atoms with Crippen molar-refractivity contribution < 1.29 is 13.3 Å². The van der Waals surface area contributed by atoms with Crippen LogP contribution in [0.1, 0.15) is 32.3 Å². The Morgan fingerprint density at radius 2 is 1.82 bits per heavy atom. The lowest BCUT2D eigenvalue weighted by Crippen LogP contribution is -2.30. The molecule has 8 nitrogen and oxygen atoms in total. The van der Waals surface area contributed by atoms with E-state index in [-0.39, 0.29) is 35.3 Å². The Morgan fingerprint density at radius 3 is 2.39 bits per heavy atom. The van der Waals surface area contributed by atoms with Crippen LogP contribution in [0, 0.1) is 10.1 Å². The molecule has 0 radical (unpaired) electrons. The molecule has 0 spiro atoms. The molecular weight excluding hydrogens is 380 g/mol. The molecule has 150 valence electrons. The van der Waals surface area contributed by atoms with Crippen molar-refractivity contribution in [1.29, 1.82) is 0 Å². The predicted octanol–water partition coefficient (Wildman–Crippen LogP) is 3.83. The number of benzene rings is 2. The third-order valence-electron chi connectivity index (χ3n) is 4.32. The summed E-state index contributed by atoms with van der Waals surface area (Å²) in [6, 6.07) is 13.5. The minimum atomic E-state index is -3.78. The van der Waals surface area contributed by atoms with Gasteiger partial charge in [-0.25, -0.2) is 8.42 Å². The lowest BCUT2D eigenvalue weighted by molar-refractivity contribution is -0.384. The fraction of sp³-hybridized carbons (Fsp3) is 0.316. The highest BCUT2D eigenvalue weighted by atomic mass is 32.2. The van der Waals surface area contributed by atoms with Crippen LogP contribution in [-0.2, 0) is 10.0 Å². The number of anilines is 1. The van der Waals surface area contributed by atoms with Crippen LogP contribution in [-0.4, -0.2) is 37.0 Å². The molecular formula is C19H24N4O4S. The molecule has 2 aromatic rings. The molecule has 0 fully saturated rings. The minimum Gasteiger partial charge on any atom is -0.272 e. The molecule has 0 saturated carbocycles. The smallest absolute Gasteiger partial charge is 0.272 e. The maximum atomic E-state index is 12.6. The Labute approximate surface area is 165 Å². The fourth-order valence-electron chi connectivity index (χ4n) is 2.69. The zero-order valence-electron chi connectivity index (χ0n) is 16.1. The van der Waals surface area contributed by atoms with Crippen molar-refractivity contribution in [1.82, 2.24) is 4.31 Å². The van der Waals surface area contributed by atoms with E-state index >= 15 is 0 Å². The van der Waals surface area contributed by atoms with Gasteiger partial charge in [0.05, 0.1) is 9.82 Å². The average molecular weight is 404 g/mol. The van der Waals surface area contributed by atoms with E-state index in [1.807, 2.05) is 37.3 Å². The molecule has 0 aliphatic heterocycles. The number of hydrogen-bond acceptors (Lipinski definition) is 6. The molecule has 0 aromatic heterocycles. The largest absolute Gasteiger partial charge is 0.295 e. The molecule has 9 heteroatoms. The molecule has 28 heavy (non-hydrogen) atoms. The second-order valence-corrected chi connectivity index (χ2v) is 8.05. The Hall–Kier alpha value is -2.78. The molecule has 0 aliphatic rings. The summed E-state index contributed by atoms with van der Waals surface area (Å²) in [6.45, 7) is 5.96. The number of nitro benzene ring substituents is 1. The first-order valence-corrected chi connectivity index (χ1v) is 10.4. The van der Waals surface area contributed by atoms with E-state index in [0.717, 1.165) is 11.6 Å². The summed E-state index contributed by atoms with van der Waals surface area (Å²) in [6.07, 6.45) is 1.64. The molecule has 0 saturated heterocycles. The van der Waals surface area contributed by atoms with E-state index in [2.05, 4.69) is 10.5 Å². The van der Waals surface area contributed by atoms with Crippen molar-refractivity contribution in [2.24, 2.45) is 5.10 Å². The Balaban J connectivity index is 2.26. The highest BCUT2D eigenvalue weighted by molar-refractivity contribution is 7.89. The normalized spacial score (nSPS) is 13.0. The number of nitrogens with one attached hydrogen (secondary N) is 1. The van der Waals surface area contributed by atoms with E-state index in [1.54, 1.807) is 20.1 Å². The van der Waals surface area contributed by atoms with Gasteiger partial charge in [0.15, 0.2) is 0 Å². The van der Waals surface area contributed by atoms with Gasteiger partial charge in [-0.15, -0.1) is 0 Å². The van der Waals surface area contributed by atoms with Gasteiger partial charge in [0.25, 0.3) is 5.69 Å². The van der Waals surface area contributed by atoms with E-state index in [4.69, 9.17) is 0 Å². The van der Waals surface area contributed by atoms with Gasteiger partial charge in [0.1, 0.15) is 5.69 Å². The molecule has 0 heterocycles. The van der Waals surface area contributed by atoms with Crippen molar-refractivity contribution in [2.75, 3.05) is 18.5 Å². The summed E-state index contributed by atoms with van der Waals surface area (Å²) in [5, 5.41) is 15.5. The second-order valence-electron chi connectivity index (χ2n) is 6.11. The van der Waals surface area contributed by atoms with Crippen LogP contribution < -0.4 is 5.43 Å². The highest BCUT2D eigenvalue weighted by Crippen LogP contribution is 2.29. The number of hydrazone groups is 1. The van der Waals surface area contributed by atoms with Crippen LogP contribution >= 0.6 is 0 Å². The molecule has 0 aliphatic carbocycles. The number of hydrogen-bond donors (Lipinski definition) is 1. The summed E-state index contributed by atoms with van der Waals surface area (Å²) in [5.74, 6) is 0.00933. The quantitative estimate of drug-likeness (QED) is 0.388. The number of nitrogens with zero attached hydrogens (tertiary/aromatic N) is 3. The molecule has 0 amide bonds. The number of nitro groups is 1. The molecule has 2 aromatic carbocycles. The summed E-state index contributed by atoms with van der Waals surface area (Å²) in [5.41, 5.74) is 3.48. The lowest BCUT2D eigenvalue weighted by atomic mass is 10.0. The SMILES string of the molecule is CCN(CC)S(=O)(=O)c1ccc(N/N=C/C(C)c2ccccc2)c([N+](=O)[O-])c1. The van der Waals surface area contributed by atoms with Gasteiger partial charge < -0.3 is 0 Å². The summed E-state index contributed by atoms with van der Waals surface area (Å²) < 4.78 is 26.4. The van der Waals surface area contributed by atoms with Crippen molar-refractivity contribution in [3.8, 4) is 0 Å². The molecule has 1 unspecified atom stereocenters. The van der Waals surface area contributed by atoms with E-state index in [0.29, 0.717) is 0 Å². The maximum absolute atomic E-state index is 12.6. The minimum absolute atomic E-state index is 0.00933. The van der Waals surface area contributed by atoms with Gasteiger partial charge in [-0.3, -0.25) is 15.5 Å². The van der Waals surface area contributed by atoms with Gasteiger partial charge in [0.2, 0.25) is 10.0 Å². The number of sulfonamides is 1. The van der Waals surface area contributed by atoms with E-state index < -0.39 is 14.9 Å². The van der Waals surface area contributed by atoms with Gasteiger partial charge in [-0.2, -0.15) is 9.41 Å². The first kappa shape index (κ1) is 21.5. The van der Waals surface area contributed by atoms with Gasteiger partial charge in [-0.05, 0) is 17.7 Å². The molecule has 1 N–H and O–H groups in total. The topological polar surface area (TPSA) is 105 Å². The van der Waals surface area contributed by atoms with Crippen LogP contribution in [0.2, 0.25) is 0 Å². The van der Waals surface area contributed by atoms with Crippen LogP contribution in [0.25, 0.3) is 0 Å². The first-order valence-electron chi connectivity index (χ1n) is 8.94. The lowest BCUT2D eigenvalue weighted by Gasteiger charge is -2.18. The van der Waals surface area contributed by atoms with Crippen LogP contribution in [0.15, 0.2) is 58.5 Å². The highest BCUT2D eigenvalue weighted by Gasteiger charge is 2.25. The van der Waals surface area contributed by atoms with Crippen LogP contribution in [0.3, 0.4) is 0 Å². The Morgan fingerprint density at radius 1 is 1.18 bits per heavy atom. The average Bonchev–Trinajstić information content (AvgIpc) is 2.69. The van der Waals surface area contributed by atoms with Crippen molar-refractivity contribution in [3.05, 3.63) is 64.2 Å². The number of rotatable bonds is 9. The van der Waals surface area contributed by atoms with Gasteiger partial charge in [0, 0.05) is 31.3 Å². The Kier molecular flexibility index (Phi) is 7.24. The predicted molar refractivity (Wildman–Crippen MR) is 110 cm³/mol. The van der Waals surface area contributed by atoms with Crippen molar-refractivity contribution in [2.45, 2.75) is 31.6 Å². The zero-order valence-corrected chi connectivity index (χ0v) is 16.9. The standard InChI is InChI=1S/C19H24N4O4S/c1-4-22(5-2)28(26,27)17-11-12-18(19(13-17)23(24)25)21-20-14-15(3)16-9-7-6-8-10-16/h6-15,21H,4-5H2,1-3H3/b20-14+. The van der Waals surface area contributed by atoms with Crippen LogP contribution in [0.4, 0.5) is 11.4 Å². The Bertz CT molecular complexity index is 942. The molecule has 1 atom stereocenters. The second kappa shape index (κ2) is 9.43. The van der Waals surface area contributed by atoms with Gasteiger partial charge in [-0.1, -0.05) is 51.1 Å². The van der Waals surface area contributed by atoms with E-state index in [9.17, 15) is 18.5 Å². The third kappa shape index (κ3) is 4.93. The molecule has 0 bridgehead atoms. The summed E-state index contributed by atoms with van der Waals surface area (Å²) >= 11 is 0.